The summed E-state index contributed by atoms with van der Waals surface area (Å²) in [6, 6.07) is 14.5. The number of nitrogens with zero attached hydrogens (tertiary/aromatic N) is 1. The van der Waals surface area contributed by atoms with E-state index >= 15 is 0 Å². The highest BCUT2D eigenvalue weighted by atomic mass is 16.5. The van der Waals surface area contributed by atoms with E-state index in [0.29, 0.717) is 42.4 Å². The number of methoxy groups -OCH3 is 2. The zero-order chi connectivity index (χ0) is 21.5. The molecule has 1 heterocycles. The van der Waals surface area contributed by atoms with Crippen molar-refractivity contribution in [3.8, 4) is 11.5 Å². The molecule has 2 aromatic rings. The number of nitrogens with one attached hydrogen (secondary N) is 1. The average molecular weight is 410 g/mol. The lowest BCUT2D eigenvalue weighted by atomic mass is 10.0. The van der Waals surface area contributed by atoms with Crippen LogP contribution in [0.5, 0.6) is 11.5 Å². The van der Waals surface area contributed by atoms with Gasteiger partial charge in [-0.25, -0.2) is 0 Å². The number of benzene rings is 2. The van der Waals surface area contributed by atoms with Crippen molar-refractivity contribution in [3.05, 3.63) is 59.8 Å². The van der Waals surface area contributed by atoms with Crippen molar-refractivity contribution in [2.75, 3.05) is 39.3 Å². The van der Waals surface area contributed by atoms with Crippen molar-refractivity contribution >= 4 is 23.1 Å². The summed E-state index contributed by atoms with van der Waals surface area (Å²) in [7, 11) is 3.12. The maximum Gasteiger partial charge on any atom is 0.278 e. The lowest BCUT2D eigenvalue weighted by molar-refractivity contribution is -0.137. The fraction of sp³-hybridized carbons (Fsp3) is 0.304. The first-order valence-electron chi connectivity index (χ1n) is 9.84. The highest BCUT2D eigenvalue weighted by molar-refractivity contribution is 6.37. The topological polar surface area (TPSA) is 77.1 Å². The first kappa shape index (κ1) is 21.4. The molecule has 3 rings (SSSR count). The number of anilines is 1. The average Bonchev–Trinajstić information content (AvgIpc) is 2.99. The molecule has 0 atom stereocenters. The van der Waals surface area contributed by atoms with Crippen LogP contribution in [0.4, 0.5) is 5.69 Å². The Hall–Kier alpha value is -3.32. The first-order chi connectivity index (χ1) is 14.6. The van der Waals surface area contributed by atoms with Crippen molar-refractivity contribution in [1.29, 1.82) is 0 Å². The minimum atomic E-state index is -0.386. The van der Waals surface area contributed by atoms with Crippen LogP contribution in [-0.2, 0) is 14.3 Å². The molecular weight excluding hydrogens is 384 g/mol. The Morgan fingerprint density at radius 3 is 2.33 bits per heavy atom. The van der Waals surface area contributed by atoms with Gasteiger partial charge in [-0.3, -0.25) is 14.5 Å². The van der Waals surface area contributed by atoms with Crippen molar-refractivity contribution in [3.63, 3.8) is 0 Å². The fourth-order valence-corrected chi connectivity index (χ4v) is 3.35. The van der Waals surface area contributed by atoms with Gasteiger partial charge in [0.05, 0.1) is 25.0 Å². The van der Waals surface area contributed by atoms with Crippen LogP contribution in [0.2, 0.25) is 0 Å². The summed E-state index contributed by atoms with van der Waals surface area (Å²) in [6.07, 6.45) is 0.552. The molecule has 0 saturated heterocycles. The Morgan fingerprint density at radius 1 is 0.933 bits per heavy atom. The second-order valence-corrected chi connectivity index (χ2v) is 6.61. The Morgan fingerprint density at radius 2 is 1.63 bits per heavy atom. The number of carbonyl (C=O) groups is 2. The van der Waals surface area contributed by atoms with E-state index in [9.17, 15) is 9.59 Å². The molecule has 0 aliphatic carbocycles. The molecule has 0 saturated carbocycles. The number of ether oxygens (including phenoxy) is 3. The van der Waals surface area contributed by atoms with Gasteiger partial charge in [-0.2, -0.15) is 0 Å². The molecular formula is C23H26N2O5. The molecule has 0 aromatic heterocycles. The monoisotopic (exact) mass is 410 g/mol. The maximum absolute atomic E-state index is 13.3. The number of para-hydroxylation sites is 3. The molecule has 1 aliphatic rings. The van der Waals surface area contributed by atoms with E-state index in [0.717, 1.165) is 0 Å². The summed E-state index contributed by atoms with van der Waals surface area (Å²) in [5.74, 6) is 0.370. The number of hydrogen-bond acceptors (Lipinski definition) is 6. The minimum Gasteiger partial charge on any atom is -0.496 e. The van der Waals surface area contributed by atoms with Gasteiger partial charge >= 0.3 is 0 Å². The molecule has 0 bridgehead atoms. The summed E-state index contributed by atoms with van der Waals surface area (Å²) >= 11 is 0. The SMILES string of the molecule is CCOc1ccccc1NC1=C(c2ccccc2OC)C(=O)N(CCCOC)C1=O. The van der Waals surface area contributed by atoms with Crippen LogP contribution in [0, 0.1) is 0 Å². The van der Waals surface area contributed by atoms with Crippen LogP contribution in [-0.4, -0.2) is 50.7 Å². The van der Waals surface area contributed by atoms with Gasteiger partial charge in [-0.1, -0.05) is 30.3 Å². The lowest BCUT2D eigenvalue weighted by Crippen LogP contribution is -2.34. The molecule has 2 aromatic carbocycles. The van der Waals surface area contributed by atoms with Crippen LogP contribution in [0.3, 0.4) is 0 Å². The van der Waals surface area contributed by atoms with Crippen LogP contribution < -0.4 is 14.8 Å². The minimum absolute atomic E-state index is 0.203. The lowest BCUT2D eigenvalue weighted by Gasteiger charge is -2.15. The van der Waals surface area contributed by atoms with E-state index < -0.39 is 0 Å². The molecule has 2 amide bonds. The highest BCUT2D eigenvalue weighted by Gasteiger charge is 2.40. The number of amides is 2. The van der Waals surface area contributed by atoms with E-state index in [4.69, 9.17) is 14.2 Å². The molecule has 7 nitrogen and oxygen atoms in total. The molecule has 1 N–H and O–H groups in total. The summed E-state index contributed by atoms with van der Waals surface area (Å²) in [4.78, 5) is 27.7. The number of hydrogen-bond donors (Lipinski definition) is 1. The quantitative estimate of drug-likeness (QED) is 0.478. The van der Waals surface area contributed by atoms with Gasteiger partial charge in [0.1, 0.15) is 17.2 Å². The molecule has 1 aliphatic heterocycles. The van der Waals surface area contributed by atoms with Gasteiger partial charge < -0.3 is 19.5 Å². The van der Waals surface area contributed by atoms with Crippen molar-refractivity contribution < 1.29 is 23.8 Å². The largest absolute Gasteiger partial charge is 0.496 e. The van der Waals surface area contributed by atoms with Gasteiger partial charge in [-0.15, -0.1) is 0 Å². The van der Waals surface area contributed by atoms with Crippen molar-refractivity contribution in [2.45, 2.75) is 13.3 Å². The molecule has 158 valence electrons. The van der Waals surface area contributed by atoms with Crippen LogP contribution in [0.1, 0.15) is 18.9 Å². The normalized spacial score (nSPS) is 13.8. The van der Waals surface area contributed by atoms with E-state index in [2.05, 4.69) is 5.32 Å². The van der Waals surface area contributed by atoms with Gasteiger partial charge in [0.2, 0.25) is 0 Å². The van der Waals surface area contributed by atoms with E-state index in [1.165, 1.54) is 12.0 Å². The summed E-state index contributed by atoms with van der Waals surface area (Å²) in [6.45, 7) is 3.09. The van der Waals surface area contributed by atoms with E-state index in [-0.39, 0.29) is 29.6 Å². The van der Waals surface area contributed by atoms with Gasteiger partial charge in [-0.05, 0) is 31.5 Å². The van der Waals surface area contributed by atoms with E-state index in [1.807, 2.05) is 43.3 Å². The predicted molar refractivity (Wildman–Crippen MR) is 114 cm³/mol. The van der Waals surface area contributed by atoms with Crippen LogP contribution >= 0.6 is 0 Å². The number of imide groups is 1. The third kappa shape index (κ3) is 4.31. The smallest absolute Gasteiger partial charge is 0.278 e. The number of carbonyl (C=O) groups excluding carboxylic acids is 2. The molecule has 0 fully saturated rings. The second-order valence-electron chi connectivity index (χ2n) is 6.61. The molecule has 7 heteroatoms. The van der Waals surface area contributed by atoms with Crippen molar-refractivity contribution in [1.82, 2.24) is 4.90 Å². The zero-order valence-electron chi connectivity index (χ0n) is 17.4. The maximum atomic E-state index is 13.3. The van der Waals surface area contributed by atoms with Gasteiger partial charge in [0.15, 0.2) is 0 Å². The first-order valence-corrected chi connectivity index (χ1v) is 9.84. The highest BCUT2D eigenvalue weighted by Crippen LogP contribution is 2.36. The third-order valence-electron chi connectivity index (χ3n) is 4.72. The number of rotatable bonds is 10. The van der Waals surface area contributed by atoms with Crippen molar-refractivity contribution in [2.24, 2.45) is 0 Å². The Labute approximate surface area is 176 Å². The Bertz CT molecular complexity index is 954. The molecule has 30 heavy (non-hydrogen) atoms. The van der Waals surface area contributed by atoms with E-state index in [1.54, 1.807) is 19.2 Å². The van der Waals surface area contributed by atoms with Gasteiger partial charge in [0.25, 0.3) is 11.8 Å². The molecule has 0 unspecified atom stereocenters. The standard InChI is InChI=1S/C23H26N2O5/c1-4-30-19-13-8-6-11-17(19)24-21-20(16-10-5-7-12-18(16)29-3)22(26)25(23(21)27)14-9-15-28-2/h5-8,10-13,24H,4,9,14-15H2,1-3H3. The molecule has 0 spiro atoms. The summed E-state index contributed by atoms with van der Waals surface area (Å²) in [5, 5.41) is 3.15. The third-order valence-corrected chi connectivity index (χ3v) is 4.72. The predicted octanol–water partition coefficient (Wildman–Crippen LogP) is 3.32. The van der Waals surface area contributed by atoms with Crippen LogP contribution in [0.15, 0.2) is 54.2 Å². The Balaban J connectivity index is 2.06. The molecule has 0 radical (unpaired) electrons. The second kappa shape index (κ2) is 9.93. The summed E-state index contributed by atoms with van der Waals surface area (Å²) < 4.78 is 16.2. The van der Waals surface area contributed by atoms with Crippen LogP contribution in [0.25, 0.3) is 5.57 Å². The fourth-order valence-electron chi connectivity index (χ4n) is 3.35. The summed E-state index contributed by atoms with van der Waals surface area (Å²) in [5.41, 5.74) is 1.65. The van der Waals surface area contributed by atoms with Gasteiger partial charge in [0, 0.05) is 25.8 Å². The Kier molecular flexibility index (Phi) is 7.08. The zero-order valence-corrected chi connectivity index (χ0v) is 17.4.